The summed E-state index contributed by atoms with van der Waals surface area (Å²) in [5.74, 6) is -0.164. The molecule has 98 valence electrons. The zero-order chi connectivity index (χ0) is 13.5. The van der Waals surface area contributed by atoms with Gasteiger partial charge in [0.15, 0.2) is 0 Å². The van der Waals surface area contributed by atoms with Crippen LogP contribution in [-0.2, 0) is 16.1 Å². The Morgan fingerprint density at radius 2 is 1.74 bits per heavy atom. The molecule has 2 aromatic rings. The van der Waals surface area contributed by atoms with Crippen molar-refractivity contribution in [3.8, 4) is 0 Å². The van der Waals surface area contributed by atoms with Gasteiger partial charge < -0.3 is 10.1 Å². The predicted octanol–water partition coefficient (Wildman–Crippen LogP) is 3.13. The third kappa shape index (κ3) is 4.77. The van der Waals surface area contributed by atoms with Crippen LogP contribution < -0.4 is 5.32 Å². The van der Waals surface area contributed by atoms with Crippen LogP contribution in [0.15, 0.2) is 59.5 Å². The molecule has 19 heavy (non-hydrogen) atoms. The Bertz CT molecular complexity index is 526. The van der Waals surface area contributed by atoms with E-state index in [2.05, 4.69) is 17.9 Å². The van der Waals surface area contributed by atoms with E-state index in [4.69, 9.17) is 4.74 Å². The van der Waals surface area contributed by atoms with Gasteiger partial charge in [-0.25, -0.2) is 0 Å². The first kappa shape index (κ1) is 13.6. The van der Waals surface area contributed by atoms with E-state index >= 15 is 0 Å². The highest BCUT2D eigenvalue weighted by Gasteiger charge is 2.02. The second-order valence-electron chi connectivity index (χ2n) is 4.07. The number of hydrogen-bond donors (Lipinski definition) is 2. The molecule has 0 radical (unpaired) electrons. The largest absolute Gasteiger partial charge is 0.367 e. The number of nitrogens with one attached hydrogen (secondary N) is 1. The molecule has 2 rings (SSSR count). The summed E-state index contributed by atoms with van der Waals surface area (Å²) in [6.45, 7) is 0.474. The maximum absolute atomic E-state index is 11.6. The van der Waals surface area contributed by atoms with Crippen LogP contribution in [0.1, 0.15) is 5.56 Å². The average Bonchev–Trinajstić information content (AvgIpc) is 2.43. The van der Waals surface area contributed by atoms with Gasteiger partial charge in [-0.2, -0.15) is 0 Å². The summed E-state index contributed by atoms with van der Waals surface area (Å²) in [5, 5.41) is 2.76. The lowest BCUT2D eigenvalue weighted by molar-refractivity contribution is -0.121. The van der Waals surface area contributed by atoms with Gasteiger partial charge in [-0.1, -0.05) is 30.3 Å². The van der Waals surface area contributed by atoms with Crippen molar-refractivity contribution >= 4 is 24.2 Å². The van der Waals surface area contributed by atoms with Gasteiger partial charge in [-0.05, 0) is 29.8 Å². The van der Waals surface area contributed by atoms with Gasteiger partial charge in [-0.3, -0.25) is 4.79 Å². The SMILES string of the molecule is O=C(COCc1ccccc1)Nc1ccc(S)cc1. The van der Waals surface area contributed by atoms with Crippen LogP contribution in [0.25, 0.3) is 0 Å². The van der Waals surface area contributed by atoms with Crippen molar-refractivity contribution < 1.29 is 9.53 Å². The van der Waals surface area contributed by atoms with Crippen molar-refractivity contribution in [2.24, 2.45) is 0 Å². The minimum atomic E-state index is -0.164. The van der Waals surface area contributed by atoms with Gasteiger partial charge in [0.05, 0.1) is 6.61 Å². The van der Waals surface area contributed by atoms with Crippen LogP contribution in [0, 0.1) is 0 Å². The summed E-state index contributed by atoms with van der Waals surface area (Å²) in [5.41, 5.74) is 1.79. The fourth-order valence-electron chi connectivity index (χ4n) is 1.58. The molecule has 3 nitrogen and oxygen atoms in total. The van der Waals surface area contributed by atoms with Crippen LogP contribution in [0.5, 0.6) is 0 Å². The minimum Gasteiger partial charge on any atom is -0.367 e. The maximum atomic E-state index is 11.6. The Morgan fingerprint density at radius 3 is 2.42 bits per heavy atom. The third-order valence-electron chi connectivity index (χ3n) is 2.50. The van der Waals surface area contributed by atoms with Crippen molar-refractivity contribution in [1.82, 2.24) is 0 Å². The number of ether oxygens (including phenoxy) is 1. The zero-order valence-corrected chi connectivity index (χ0v) is 11.3. The summed E-state index contributed by atoms with van der Waals surface area (Å²) in [6.07, 6.45) is 0. The van der Waals surface area contributed by atoms with Crippen LogP contribution in [-0.4, -0.2) is 12.5 Å². The topological polar surface area (TPSA) is 38.3 Å². The van der Waals surface area contributed by atoms with Crippen LogP contribution in [0.3, 0.4) is 0 Å². The minimum absolute atomic E-state index is 0.0392. The first-order valence-corrected chi connectivity index (χ1v) is 6.39. The van der Waals surface area contributed by atoms with E-state index in [1.54, 1.807) is 12.1 Å². The molecule has 1 N–H and O–H groups in total. The van der Waals surface area contributed by atoms with E-state index in [-0.39, 0.29) is 12.5 Å². The van der Waals surface area contributed by atoms with Crippen LogP contribution in [0.2, 0.25) is 0 Å². The van der Waals surface area contributed by atoms with E-state index in [1.165, 1.54) is 0 Å². The molecule has 1 amide bonds. The zero-order valence-electron chi connectivity index (χ0n) is 10.4. The Hall–Kier alpha value is -1.78. The quantitative estimate of drug-likeness (QED) is 0.821. The normalized spacial score (nSPS) is 10.2. The van der Waals surface area contributed by atoms with Gasteiger partial charge in [0.2, 0.25) is 5.91 Å². The van der Waals surface area contributed by atoms with Crippen LogP contribution in [0.4, 0.5) is 5.69 Å². The Balaban J connectivity index is 1.74. The number of hydrogen-bond acceptors (Lipinski definition) is 3. The molecule has 0 unspecified atom stereocenters. The molecule has 0 aromatic heterocycles. The lowest BCUT2D eigenvalue weighted by Crippen LogP contribution is -2.18. The van der Waals surface area contributed by atoms with Crippen LogP contribution >= 0.6 is 12.6 Å². The molecule has 0 saturated heterocycles. The Kier molecular flexibility index (Phi) is 5.01. The molecule has 2 aromatic carbocycles. The molecular weight excluding hydrogens is 258 g/mol. The van der Waals surface area contributed by atoms with Crippen molar-refractivity contribution in [3.05, 3.63) is 60.2 Å². The van der Waals surface area contributed by atoms with Gasteiger partial charge >= 0.3 is 0 Å². The summed E-state index contributed by atoms with van der Waals surface area (Å²) in [4.78, 5) is 12.5. The van der Waals surface area contributed by atoms with E-state index in [0.29, 0.717) is 6.61 Å². The van der Waals surface area contributed by atoms with E-state index in [0.717, 1.165) is 16.1 Å². The lowest BCUT2D eigenvalue weighted by atomic mass is 10.2. The first-order valence-electron chi connectivity index (χ1n) is 5.94. The van der Waals surface area contributed by atoms with Crippen molar-refractivity contribution in [2.45, 2.75) is 11.5 Å². The monoisotopic (exact) mass is 273 g/mol. The maximum Gasteiger partial charge on any atom is 0.250 e. The molecule has 0 atom stereocenters. The number of amides is 1. The predicted molar refractivity (Wildman–Crippen MR) is 78.4 cm³/mol. The molecule has 0 heterocycles. The Morgan fingerprint density at radius 1 is 1.05 bits per heavy atom. The van der Waals surface area contributed by atoms with Gasteiger partial charge in [-0.15, -0.1) is 12.6 Å². The fourth-order valence-corrected chi connectivity index (χ4v) is 1.73. The Labute approximate surface area is 118 Å². The second kappa shape index (κ2) is 6.97. The highest BCUT2D eigenvalue weighted by molar-refractivity contribution is 7.80. The molecule has 4 heteroatoms. The highest BCUT2D eigenvalue weighted by Crippen LogP contribution is 2.11. The number of rotatable bonds is 5. The molecule has 0 aliphatic carbocycles. The van der Waals surface area contributed by atoms with Crippen molar-refractivity contribution in [2.75, 3.05) is 11.9 Å². The fraction of sp³-hybridized carbons (Fsp3) is 0.133. The molecular formula is C15H15NO2S. The number of anilines is 1. The average molecular weight is 273 g/mol. The second-order valence-corrected chi connectivity index (χ2v) is 4.59. The van der Waals surface area contributed by atoms with E-state index in [1.807, 2.05) is 42.5 Å². The van der Waals surface area contributed by atoms with Gasteiger partial charge in [0.1, 0.15) is 6.61 Å². The number of thiol groups is 1. The number of carbonyl (C=O) groups is 1. The van der Waals surface area contributed by atoms with E-state index < -0.39 is 0 Å². The van der Waals surface area contributed by atoms with Gasteiger partial charge in [0.25, 0.3) is 0 Å². The molecule has 0 saturated carbocycles. The number of benzene rings is 2. The summed E-state index contributed by atoms with van der Waals surface area (Å²) >= 11 is 4.18. The molecule has 0 spiro atoms. The molecule has 0 fully saturated rings. The van der Waals surface area contributed by atoms with Gasteiger partial charge in [0, 0.05) is 10.6 Å². The molecule has 0 bridgehead atoms. The smallest absolute Gasteiger partial charge is 0.250 e. The summed E-state index contributed by atoms with van der Waals surface area (Å²) in [7, 11) is 0. The number of carbonyl (C=O) groups excluding carboxylic acids is 1. The highest BCUT2D eigenvalue weighted by atomic mass is 32.1. The van der Waals surface area contributed by atoms with Crippen molar-refractivity contribution in [1.29, 1.82) is 0 Å². The summed E-state index contributed by atoms with van der Waals surface area (Å²) in [6, 6.07) is 17.0. The third-order valence-corrected chi connectivity index (χ3v) is 2.79. The summed E-state index contributed by atoms with van der Waals surface area (Å²) < 4.78 is 5.35. The molecule has 0 aliphatic rings. The first-order chi connectivity index (χ1) is 9.24. The lowest BCUT2D eigenvalue weighted by Gasteiger charge is -2.06. The van der Waals surface area contributed by atoms with Crippen molar-refractivity contribution in [3.63, 3.8) is 0 Å². The standard InChI is InChI=1S/C15H15NO2S/c17-15(16-13-6-8-14(19)9-7-13)11-18-10-12-4-2-1-3-5-12/h1-9,19H,10-11H2,(H,16,17). The van der Waals surface area contributed by atoms with E-state index in [9.17, 15) is 4.79 Å². The molecule has 0 aliphatic heterocycles.